The molecule has 7 heteroatoms. The lowest BCUT2D eigenvalue weighted by Crippen LogP contribution is -2.49. The summed E-state index contributed by atoms with van der Waals surface area (Å²) in [6.45, 7) is 9.99. The van der Waals surface area contributed by atoms with E-state index in [-0.39, 0.29) is 0 Å². The number of aliphatic hydroxyl groups is 1. The Labute approximate surface area is 154 Å². The van der Waals surface area contributed by atoms with E-state index in [0.29, 0.717) is 18.9 Å². The number of nitrogens with one attached hydrogen (secondary N) is 1. The van der Waals surface area contributed by atoms with E-state index in [2.05, 4.69) is 25.2 Å². The van der Waals surface area contributed by atoms with Crippen molar-refractivity contribution in [1.29, 1.82) is 0 Å². The molecule has 1 atom stereocenters. The number of hydrogen-bond donors (Lipinski definition) is 2. The summed E-state index contributed by atoms with van der Waals surface area (Å²) < 4.78 is 5.37. The Kier molecular flexibility index (Phi) is 5.80. The van der Waals surface area contributed by atoms with Gasteiger partial charge < -0.3 is 15.2 Å². The van der Waals surface area contributed by atoms with Gasteiger partial charge in [-0.25, -0.2) is 9.97 Å². The minimum Gasteiger partial charge on any atom is -0.387 e. The summed E-state index contributed by atoms with van der Waals surface area (Å²) in [6, 6.07) is 3.78. The highest BCUT2D eigenvalue weighted by Crippen LogP contribution is 2.22. The number of morpholine rings is 1. The van der Waals surface area contributed by atoms with Crippen LogP contribution in [0.2, 0.25) is 0 Å². The van der Waals surface area contributed by atoms with Gasteiger partial charge in [-0.15, -0.1) is 0 Å². The maximum absolute atomic E-state index is 10.8. The van der Waals surface area contributed by atoms with E-state index >= 15 is 0 Å². The summed E-state index contributed by atoms with van der Waals surface area (Å²) in [4.78, 5) is 15.5. The third-order valence-electron chi connectivity index (χ3n) is 4.63. The normalized spacial score (nSPS) is 17.7. The fraction of sp³-hybridized carbons (Fsp3) is 0.526. The van der Waals surface area contributed by atoms with E-state index in [4.69, 9.17) is 4.74 Å². The number of aryl methyl sites for hydroxylation is 1. The zero-order chi connectivity index (χ0) is 18.6. The van der Waals surface area contributed by atoms with Crippen LogP contribution in [0.4, 0.5) is 5.82 Å². The Balaban J connectivity index is 1.71. The molecular weight excluding hydrogens is 330 g/mol. The van der Waals surface area contributed by atoms with Crippen LogP contribution in [0.25, 0.3) is 11.4 Å². The molecule has 1 aliphatic rings. The van der Waals surface area contributed by atoms with Crippen LogP contribution in [0.3, 0.4) is 0 Å². The molecule has 0 bridgehead atoms. The second-order valence-corrected chi connectivity index (χ2v) is 7.08. The minimum absolute atomic E-state index is 0.414. The Morgan fingerprint density at radius 2 is 1.88 bits per heavy atom. The Morgan fingerprint density at radius 1 is 1.19 bits per heavy atom. The van der Waals surface area contributed by atoms with Gasteiger partial charge in [0.05, 0.1) is 18.8 Å². The molecule has 140 valence electrons. The van der Waals surface area contributed by atoms with Crippen molar-refractivity contribution in [1.82, 2.24) is 19.9 Å². The highest BCUT2D eigenvalue weighted by Gasteiger charge is 2.25. The van der Waals surface area contributed by atoms with Gasteiger partial charge in [0.1, 0.15) is 5.82 Å². The molecule has 1 saturated heterocycles. The molecule has 0 amide bonds. The van der Waals surface area contributed by atoms with Crippen molar-refractivity contribution < 1.29 is 9.84 Å². The molecule has 1 unspecified atom stereocenters. The van der Waals surface area contributed by atoms with Gasteiger partial charge in [-0.3, -0.25) is 9.88 Å². The van der Waals surface area contributed by atoms with Gasteiger partial charge in [-0.05, 0) is 32.9 Å². The third kappa shape index (κ3) is 4.75. The number of β-amino-alcohol motifs (C(OH)–C–C–N with tert-alkyl or cyclic N) is 1. The van der Waals surface area contributed by atoms with E-state index in [0.717, 1.165) is 48.9 Å². The fourth-order valence-corrected chi connectivity index (χ4v) is 3.00. The number of pyridine rings is 1. The van der Waals surface area contributed by atoms with Gasteiger partial charge in [-0.1, -0.05) is 0 Å². The molecular formula is C19H27N5O2. The van der Waals surface area contributed by atoms with Gasteiger partial charge in [0.2, 0.25) is 0 Å². The van der Waals surface area contributed by atoms with Crippen LogP contribution in [0.5, 0.6) is 0 Å². The summed E-state index contributed by atoms with van der Waals surface area (Å²) in [5.74, 6) is 1.41. The summed E-state index contributed by atoms with van der Waals surface area (Å²) in [7, 11) is 0. The lowest BCUT2D eigenvalue weighted by molar-refractivity contribution is -0.0164. The van der Waals surface area contributed by atoms with E-state index in [1.807, 2.05) is 32.9 Å². The molecule has 0 aromatic carbocycles. The first kappa shape index (κ1) is 18.7. The number of ether oxygens (including phenoxy) is 1. The van der Waals surface area contributed by atoms with Crippen LogP contribution in [-0.4, -0.2) is 70.0 Å². The van der Waals surface area contributed by atoms with Gasteiger partial charge in [0.15, 0.2) is 5.82 Å². The van der Waals surface area contributed by atoms with Crippen LogP contribution in [0, 0.1) is 13.8 Å². The van der Waals surface area contributed by atoms with Gasteiger partial charge >= 0.3 is 0 Å². The van der Waals surface area contributed by atoms with Crippen molar-refractivity contribution in [2.45, 2.75) is 26.4 Å². The molecule has 2 N–H and O–H groups in total. The van der Waals surface area contributed by atoms with E-state index in [1.165, 1.54) is 0 Å². The van der Waals surface area contributed by atoms with Crippen LogP contribution in [0.1, 0.15) is 18.2 Å². The van der Waals surface area contributed by atoms with Crippen LogP contribution < -0.4 is 5.32 Å². The lowest BCUT2D eigenvalue weighted by atomic mass is 10.1. The van der Waals surface area contributed by atoms with Gasteiger partial charge in [-0.2, -0.15) is 0 Å². The zero-order valence-corrected chi connectivity index (χ0v) is 15.7. The van der Waals surface area contributed by atoms with E-state index in [9.17, 15) is 5.11 Å². The largest absolute Gasteiger partial charge is 0.387 e. The van der Waals surface area contributed by atoms with Crippen molar-refractivity contribution in [3.63, 3.8) is 0 Å². The smallest absolute Gasteiger partial charge is 0.161 e. The first-order chi connectivity index (χ1) is 12.4. The summed E-state index contributed by atoms with van der Waals surface area (Å²) in [6.07, 6.45) is 3.46. The van der Waals surface area contributed by atoms with Crippen molar-refractivity contribution in [3.8, 4) is 11.4 Å². The molecule has 1 aliphatic heterocycles. The number of aromatic nitrogens is 3. The van der Waals surface area contributed by atoms with Crippen molar-refractivity contribution in [3.05, 3.63) is 35.8 Å². The molecule has 3 rings (SSSR count). The average Bonchev–Trinajstić information content (AvgIpc) is 2.64. The van der Waals surface area contributed by atoms with E-state index < -0.39 is 5.60 Å². The number of anilines is 1. The number of rotatable bonds is 6. The lowest BCUT2D eigenvalue weighted by Gasteiger charge is -2.34. The molecule has 2 aromatic rings. The Bertz CT molecular complexity index is 730. The molecule has 3 heterocycles. The molecule has 2 aromatic heterocycles. The second kappa shape index (κ2) is 8.07. The SMILES string of the molecule is Cc1nc(-c2ccncc2)nc(NCC(C)(O)CN2CCOCC2)c1C. The highest BCUT2D eigenvalue weighted by molar-refractivity contribution is 5.59. The average molecular weight is 357 g/mol. The molecule has 7 nitrogen and oxygen atoms in total. The molecule has 0 radical (unpaired) electrons. The summed E-state index contributed by atoms with van der Waals surface area (Å²) in [5.41, 5.74) is 1.97. The monoisotopic (exact) mass is 357 g/mol. The minimum atomic E-state index is -0.862. The van der Waals surface area contributed by atoms with Gasteiger partial charge in [0, 0.05) is 55.4 Å². The van der Waals surface area contributed by atoms with Crippen molar-refractivity contribution in [2.75, 3.05) is 44.7 Å². The maximum atomic E-state index is 10.8. The van der Waals surface area contributed by atoms with Crippen LogP contribution >= 0.6 is 0 Å². The maximum Gasteiger partial charge on any atom is 0.161 e. The first-order valence-corrected chi connectivity index (χ1v) is 8.97. The van der Waals surface area contributed by atoms with Crippen molar-refractivity contribution >= 4 is 5.82 Å². The number of nitrogens with zero attached hydrogens (tertiary/aromatic N) is 4. The fourth-order valence-electron chi connectivity index (χ4n) is 3.00. The van der Waals surface area contributed by atoms with E-state index in [1.54, 1.807) is 12.4 Å². The third-order valence-corrected chi connectivity index (χ3v) is 4.63. The predicted molar refractivity (Wildman–Crippen MR) is 101 cm³/mol. The quantitative estimate of drug-likeness (QED) is 0.813. The van der Waals surface area contributed by atoms with Crippen molar-refractivity contribution in [2.24, 2.45) is 0 Å². The zero-order valence-electron chi connectivity index (χ0n) is 15.7. The number of hydrogen-bond acceptors (Lipinski definition) is 7. The molecule has 0 aliphatic carbocycles. The van der Waals surface area contributed by atoms with Crippen LogP contribution in [0.15, 0.2) is 24.5 Å². The highest BCUT2D eigenvalue weighted by atomic mass is 16.5. The molecule has 0 saturated carbocycles. The Morgan fingerprint density at radius 3 is 2.58 bits per heavy atom. The second-order valence-electron chi connectivity index (χ2n) is 7.08. The first-order valence-electron chi connectivity index (χ1n) is 8.97. The van der Waals surface area contributed by atoms with Crippen LogP contribution in [-0.2, 0) is 4.74 Å². The summed E-state index contributed by atoms with van der Waals surface area (Å²) in [5, 5.41) is 14.1. The van der Waals surface area contributed by atoms with Gasteiger partial charge in [0.25, 0.3) is 0 Å². The molecule has 1 fully saturated rings. The molecule has 0 spiro atoms. The predicted octanol–water partition coefficient (Wildman–Crippen LogP) is 1.65. The molecule has 26 heavy (non-hydrogen) atoms. The Hall–Kier alpha value is -2.09. The topological polar surface area (TPSA) is 83.4 Å². The summed E-state index contributed by atoms with van der Waals surface area (Å²) >= 11 is 0. The standard InChI is InChI=1S/C19H27N5O2/c1-14-15(2)22-18(16-4-6-20-7-5-16)23-17(14)21-12-19(3,25)13-24-8-10-26-11-9-24/h4-7,25H,8-13H2,1-3H3,(H,21,22,23).